The predicted molar refractivity (Wildman–Crippen MR) is 99.5 cm³/mol. The lowest BCUT2D eigenvalue weighted by atomic mass is 10.00. The number of rotatable bonds is 4. The third-order valence-electron chi connectivity index (χ3n) is 5.84. The van der Waals surface area contributed by atoms with Gasteiger partial charge in [0.1, 0.15) is 5.82 Å². The van der Waals surface area contributed by atoms with Gasteiger partial charge in [0, 0.05) is 24.6 Å². The normalized spacial score (nSPS) is 23.9. The number of nitrogens with zero attached hydrogens (tertiary/aromatic N) is 3. The van der Waals surface area contributed by atoms with E-state index >= 15 is 0 Å². The molecular formula is C18H26N4O4S. The molecule has 148 valence electrons. The molecule has 27 heavy (non-hydrogen) atoms. The van der Waals surface area contributed by atoms with Gasteiger partial charge >= 0.3 is 0 Å². The molecular weight excluding hydrogens is 368 g/mol. The summed E-state index contributed by atoms with van der Waals surface area (Å²) in [5, 5.41) is 0. The van der Waals surface area contributed by atoms with Crippen molar-refractivity contribution in [1.29, 1.82) is 0 Å². The van der Waals surface area contributed by atoms with E-state index in [1.54, 1.807) is 6.92 Å². The van der Waals surface area contributed by atoms with E-state index in [0.717, 1.165) is 32.1 Å². The monoisotopic (exact) mass is 394 g/mol. The fourth-order valence-electron chi connectivity index (χ4n) is 4.06. The number of nitrogens with one attached hydrogen (secondary N) is 1. The Kier molecular flexibility index (Phi) is 4.84. The van der Waals surface area contributed by atoms with Gasteiger partial charge in [0.25, 0.3) is 5.56 Å². The fraction of sp³-hybridized carbons (Fsp3) is 0.722. The van der Waals surface area contributed by atoms with E-state index in [2.05, 4.69) is 9.97 Å². The molecule has 0 aromatic carbocycles. The number of carbonyl (C=O) groups is 1. The Bertz CT molecular complexity index is 906. The topological polar surface area (TPSA) is 103 Å². The first-order valence-electron chi connectivity index (χ1n) is 9.81. The molecule has 0 spiro atoms. The number of hydrogen-bond acceptors (Lipinski definition) is 5. The maximum atomic E-state index is 12.7. The molecule has 2 fully saturated rings. The van der Waals surface area contributed by atoms with E-state index in [-0.39, 0.29) is 35.7 Å². The van der Waals surface area contributed by atoms with Crippen LogP contribution < -0.4 is 5.56 Å². The van der Waals surface area contributed by atoms with Crippen LogP contribution >= 0.6 is 0 Å². The van der Waals surface area contributed by atoms with E-state index < -0.39 is 10.0 Å². The Morgan fingerprint density at radius 2 is 2.00 bits per heavy atom. The number of sulfonamides is 1. The Morgan fingerprint density at radius 3 is 2.70 bits per heavy atom. The molecule has 4 rings (SSSR count). The van der Waals surface area contributed by atoms with Crippen molar-refractivity contribution < 1.29 is 13.2 Å². The maximum absolute atomic E-state index is 12.7. The number of piperidine rings is 1. The van der Waals surface area contributed by atoms with Crippen molar-refractivity contribution in [3.8, 4) is 0 Å². The van der Waals surface area contributed by atoms with Gasteiger partial charge in [-0.15, -0.1) is 0 Å². The molecule has 1 aromatic heterocycles. The first-order chi connectivity index (χ1) is 12.9. The summed E-state index contributed by atoms with van der Waals surface area (Å²) >= 11 is 0. The number of fused-ring (bicyclic) bond motifs is 1. The highest BCUT2D eigenvalue weighted by molar-refractivity contribution is 7.89. The van der Waals surface area contributed by atoms with Gasteiger partial charge in [-0.05, 0) is 45.4 Å². The number of aromatic amines is 1. The highest BCUT2D eigenvalue weighted by Gasteiger charge is 2.39. The first-order valence-corrected chi connectivity index (χ1v) is 11.4. The Balaban J connectivity index is 1.66. The first kappa shape index (κ1) is 18.6. The summed E-state index contributed by atoms with van der Waals surface area (Å²) < 4.78 is 25.8. The van der Waals surface area contributed by atoms with E-state index in [4.69, 9.17) is 0 Å². The molecule has 3 heterocycles. The maximum Gasteiger partial charge on any atom is 0.254 e. The molecule has 1 N–H and O–H groups in total. The lowest BCUT2D eigenvalue weighted by Crippen LogP contribution is -2.43. The number of aromatic nitrogens is 2. The van der Waals surface area contributed by atoms with Crippen LogP contribution in [0.3, 0.4) is 0 Å². The van der Waals surface area contributed by atoms with Crippen LogP contribution in [0.2, 0.25) is 0 Å². The largest absolute Gasteiger partial charge is 0.332 e. The Labute approximate surface area is 159 Å². The van der Waals surface area contributed by atoms with Gasteiger partial charge < -0.3 is 9.88 Å². The molecule has 0 bridgehead atoms. The molecule has 1 aromatic rings. The molecule has 1 atom stereocenters. The van der Waals surface area contributed by atoms with E-state index in [9.17, 15) is 18.0 Å². The summed E-state index contributed by atoms with van der Waals surface area (Å²) in [7, 11) is -3.33. The van der Waals surface area contributed by atoms with Crippen LogP contribution in [0.1, 0.15) is 62.2 Å². The zero-order valence-electron chi connectivity index (χ0n) is 15.6. The second-order valence-electron chi connectivity index (χ2n) is 7.68. The standard InChI is InChI=1S/C18H26N4O4S/c1-2-27(25,26)21-10-8-13-14(11-21)19-16(20-17(13)23)15-5-3-4-9-22(15)18(24)12-6-7-12/h12,15H,2-11H2,1H3,(H,19,20,23)/t15-/m1/s1. The zero-order chi connectivity index (χ0) is 19.2. The van der Waals surface area contributed by atoms with Crippen molar-refractivity contribution in [2.45, 2.75) is 58.0 Å². The van der Waals surface area contributed by atoms with Gasteiger partial charge in [-0.2, -0.15) is 4.31 Å². The number of amides is 1. The quantitative estimate of drug-likeness (QED) is 0.819. The minimum absolute atomic E-state index is 0.0324. The van der Waals surface area contributed by atoms with Gasteiger partial charge in [-0.1, -0.05) is 0 Å². The van der Waals surface area contributed by atoms with Gasteiger partial charge in [-0.25, -0.2) is 13.4 Å². The van der Waals surface area contributed by atoms with Crippen molar-refractivity contribution in [2.24, 2.45) is 5.92 Å². The van der Waals surface area contributed by atoms with Gasteiger partial charge in [0.05, 0.1) is 24.0 Å². The third-order valence-corrected chi connectivity index (χ3v) is 7.67. The summed E-state index contributed by atoms with van der Waals surface area (Å²) in [6, 6.07) is -0.219. The SMILES string of the molecule is CCS(=O)(=O)N1CCc2c(nc([C@H]3CCCCN3C(=O)C3CC3)[nH]c2=O)C1. The van der Waals surface area contributed by atoms with Crippen LogP contribution in [0.25, 0.3) is 0 Å². The molecule has 8 nitrogen and oxygen atoms in total. The van der Waals surface area contributed by atoms with E-state index in [0.29, 0.717) is 36.6 Å². The van der Waals surface area contributed by atoms with Crippen molar-refractivity contribution in [3.05, 3.63) is 27.4 Å². The summed E-state index contributed by atoms with van der Waals surface area (Å²) in [4.78, 5) is 34.7. The molecule has 1 saturated heterocycles. The lowest BCUT2D eigenvalue weighted by molar-refractivity contribution is -0.136. The minimum atomic E-state index is -3.33. The van der Waals surface area contributed by atoms with Crippen LogP contribution in [0.4, 0.5) is 0 Å². The van der Waals surface area contributed by atoms with Crippen LogP contribution in [0.5, 0.6) is 0 Å². The van der Waals surface area contributed by atoms with Crippen LogP contribution in [0.15, 0.2) is 4.79 Å². The molecule has 1 amide bonds. The lowest BCUT2D eigenvalue weighted by Gasteiger charge is -2.36. The molecule has 1 aliphatic carbocycles. The van der Waals surface area contributed by atoms with Crippen molar-refractivity contribution in [2.75, 3.05) is 18.8 Å². The predicted octanol–water partition coefficient (Wildman–Crippen LogP) is 0.941. The number of hydrogen-bond donors (Lipinski definition) is 1. The Hall–Kier alpha value is -1.74. The zero-order valence-corrected chi connectivity index (χ0v) is 16.4. The number of carbonyl (C=O) groups excluding carboxylic acids is 1. The second-order valence-corrected chi connectivity index (χ2v) is 9.94. The van der Waals surface area contributed by atoms with Crippen LogP contribution in [0, 0.1) is 5.92 Å². The Morgan fingerprint density at radius 1 is 1.22 bits per heavy atom. The van der Waals surface area contributed by atoms with Gasteiger partial charge in [0.2, 0.25) is 15.9 Å². The molecule has 9 heteroatoms. The van der Waals surface area contributed by atoms with Crippen LogP contribution in [-0.4, -0.2) is 52.3 Å². The van der Waals surface area contributed by atoms with Gasteiger partial charge in [0.15, 0.2) is 0 Å². The van der Waals surface area contributed by atoms with Crippen LogP contribution in [-0.2, 0) is 27.8 Å². The second kappa shape index (κ2) is 7.01. The highest BCUT2D eigenvalue weighted by atomic mass is 32.2. The molecule has 2 aliphatic heterocycles. The molecule has 3 aliphatic rings. The molecule has 0 unspecified atom stereocenters. The van der Waals surface area contributed by atoms with E-state index in [1.807, 2.05) is 4.90 Å². The van der Waals surface area contributed by atoms with Crippen molar-refractivity contribution in [3.63, 3.8) is 0 Å². The molecule has 1 saturated carbocycles. The summed E-state index contributed by atoms with van der Waals surface area (Å²) in [5.74, 6) is 0.823. The third kappa shape index (κ3) is 3.54. The number of H-pyrrole nitrogens is 1. The highest BCUT2D eigenvalue weighted by Crippen LogP contribution is 2.37. The summed E-state index contributed by atoms with van der Waals surface area (Å²) in [6.45, 7) is 2.75. The van der Waals surface area contributed by atoms with Crippen molar-refractivity contribution in [1.82, 2.24) is 19.2 Å². The van der Waals surface area contributed by atoms with E-state index in [1.165, 1.54) is 4.31 Å². The fourth-order valence-corrected chi connectivity index (χ4v) is 5.11. The summed E-state index contributed by atoms with van der Waals surface area (Å²) in [6.07, 6.45) is 4.98. The molecule has 0 radical (unpaired) electrons. The van der Waals surface area contributed by atoms with Gasteiger partial charge in [-0.3, -0.25) is 9.59 Å². The smallest absolute Gasteiger partial charge is 0.254 e. The number of likely N-dealkylation sites (tertiary alicyclic amines) is 1. The van der Waals surface area contributed by atoms with Crippen molar-refractivity contribution >= 4 is 15.9 Å². The minimum Gasteiger partial charge on any atom is -0.332 e. The average Bonchev–Trinajstić information content (AvgIpc) is 3.52. The summed E-state index contributed by atoms with van der Waals surface area (Å²) in [5.41, 5.74) is 0.895. The average molecular weight is 394 g/mol.